The molecule has 0 aliphatic carbocycles. The first-order chi connectivity index (χ1) is 16.9. The number of aromatic amines is 1. The Labute approximate surface area is 210 Å². The van der Waals surface area contributed by atoms with E-state index in [1.807, 2.05) is 12.1 Å². The van der Waals surface area contributed by atoms with E-state index in [-0.39, 0.29) is 12.5 Å². The predicted molar refractivity (Wildman–Crippen MR) is 135 cm³/mol. The van der Waals surface area contributed by atoms with Crippen LogP contribution in [0.3, 0.4) is 0 Å². The van der Waals surface area contributed by atoms with Gasteiger partial charge < -0.3 is 20.5 Å². The van der Waals surface area contributed by atoms with E-state index < -0.39 is 17.9 Å². The summed E-state index contributed by atoms with van der Waals surface area (Å²) in [4.78, 5) is 47.5. The van der Waals surface area contributed by atoms with Crippen molar-refractivity contribution in [1.29, 1.82) is 0 Å². The summed E-state index contributed by atoms with van der Waals surface area (Å²) in [5, 5.41) is 7.18. The van der Waals surface area contributed by atoms with Crippen LogP contribution in [0, 0.1) is 0 Å². The molecule has 4 aromatic rings. The number of carbonyl (C=O) groups excluding carboxylic acids is 3. The van der Waals surface area contributed by atoms with Gasteiger partial charge in [0.25, 0.3) is 5.91 Å². The topological polar surface area (TPSA) is 107 Å². The second-order valence-electron chi connectivity index (χ2n) is 8.12. The van der Waals surface area contributed by atoms with Gasteiger partial charge in [-0.2, -0.15) is 0 Å². The van der Waals surface area contributed by atoms with Gasteiger partial charge in [-0.15, -0.1) is 0 Å². The standard InChI is InChI=1S/C25H19Cl2N5O3/c26-16-5-7-18-15(9-16)11-19(30-18)24(34)31-20-10-14-3-1-2-4-21(14)32(25(20)35)13-23(33)29-17-6-8-22(27)28-12-17/h1-9,11-12,20,30H,10,13H2,(H,29,33)(H,31,34). The number of carbonyl (C=O) groups is 3. The Morgan fingerprint density at radius 1 is 1.09 bits per heavy atom. The molecule has 1 atom stereocenters. The number of hydrogen-bond acceptors (Lipinski definition) is 4. The molecule has 2 aromatic heterocycles. The molecule has 1 aliphatic heterocycles. The van der Waals surface area contributed by atoms with Gasteiger partial charge in [0.1, 0.15) is 23.4 Å². The maximum atomic E-state index is 13.4. The number of nitrogens with zero attached hydrogens (tertiary/aromatic N) is 2. The van der Waals surface area contributed by atoms with Crippen LogP contribution in [0.5, 0.6) is 0 Å². The number of amides is 3. The van der Waals surface area contributed by atoms with Gasteiger partial charge in [0.2, 0.25) is 11.8 Å². The molecule has 176 valence electrons. The van der Waals surface area contributed by atoms with Crippen LogP contribution in [0.15, 0.2) is 66.9 Å². The lowest BCUT2D eigenvalue weighted by molar-refractivity contribution is -0.123. The van der Waals surface area contributed by atoms with Gasteiger partial charge in [0, 0.05) is 28.0 Å². The van der Waals surface area contributed by atoms with Crippen LogP contribution in [-0.2, 0) is 16.0 Å². The number of para-hydroxylation sites is 1. The summed E-state index contributed by atoms with van der Waals surface area (Å²) < 4.78 is 0. The van der Waals surface area contributed by atoms with E-state index in [9.17, 15) is 14.4 Å². The lowest BCUT2D eigenvalue weighted by Gasteiger charge is -2.34. The molecule has 2 aromatic carbocycles. The summed E-state index contributed by atoms with van der Waals surface area (Å²) in [6.07, 6.45) is 1.74. The molecule has 8 nitrogen and oxygen atoms in total. The van der Waals surface area contributed by atoms with Crippen molar-refractivity contribution < 1.29 is 14.4 Å². The molecular formula is C25H19Cl2N5O3. The molecule has 0 fully saturated rings. The lowest BCUT2D eigenvalue weighted by atomic mass is 9.97. The van der Waals surface area contributed by atoms with Crippen molar-refractivity contribution in [2.75, 3.05) is 16.8 Å². The maximum absolute atomic E-state index is 13.4. The fourth-order valence-corrected chi connectivity index (χ4v) is 4.38. The van der Waals surface area contributed by atoms with Gasteiger partial charge in [0.15, 0.2) is 0 Å². The van der Waals surface area contributed by atoms with E-state index in [1.165, 1.54) is 11.1 Å². The van der Waals surface area contributed by atoms with Crippen LogP contribution in [0.25, 0.3) is 10.9 Å². The number of aromatic nitrogens is 2. The van der Waals surface area contributed by atoms with Crippen LogP contribution in [0.1, 0.15) is 16.1 Å². The molecule has 0 saturated carbocycles. The SMILES string of the molecule is O=C(CN1C(=O)C(NC(=O)c2cc3cc(Cl)ccc3[nH]2)Cc2ccccc21)Nc1ccc(Cl)nc1. The number of rotatable bonds is 5. The molecule has 3 N–H and O–H groups in total. The molecule has 0 radical (unpaired) electrons. The number of hydrogen-bond donors (Lipinski definition) is 3. The molecule has 3 amide bonds. The summed E-state index contributed by atoms with van der Waals surface area (Å²) in [7, 11) is 0. The Hall–Kier alpha value is -3.88. The highest BCUT2D eigenvalue weighted by atomic mass is 35.5. The minimum Gasteiger partial charge on any atom is -0.351 e. The van der Waals surface area contributed by atoms with Crippen molar-refractivity contribution in [3.63, 3.8) is 0 Å². The number of benzene rings is 2. The van der Waals surface area contributed by atoms with E-state index in [4.69, 9.17) is 23.2 Å². The Morgan fingerprint density at radius 2 is 1.91 bits per heavy atom. The third-order valence-corrected chi connectivity index (χ3v) is 6.17. The van der Waals surface area contributed by atoms with Gasteiger partial charge in [-0.05, 0) is 48.0 Å². The first-order valence-electron chi connectivity index (χ1n) is 10.8. The van der Waals surface area contributed by atoms with Crippen LogP contribution in [0.2, 0.25) is 10.2 Å². The zero-order chi connectivity index (χ0) is 24.5. The highest BCUT2D eigenvalue weighted by Gasteiger charge is 2.35. The maximum Gasteiger partial charge on any atom is 0.268 e. The highest BCUT2D eigenvalue weighted by Crippen LogP contribution is 2.28. The molecule has 1 unspecified atom stereocenters. The van der Waals surface area contributed by atoms with Gasteiger partial charge in [-0.25, -0.2) is 4.98 Å². The van der Waals surface area contributed by atoms with E-state index in [0.717, 1.165) is 16.5 Å². The van der Waals surface area contributed by atoms with Gasteiger partial charge in [-0.1, -0.05) is 41.4 Å². The fraction of sp³-hybridized carbons (Fsp3) is 0.120. The second kappa shape index (κ2) is 9.40. The van der Waals surface area contributed by atoms with Crippen LogP contribution in [0.4, 0.5) is 11.4 Å². The zero-order valence-corrected chi connectivity index (χ0v) is 19.7. The fourth-order valence-electron chi connectivity index (χ4n) is 4.09. The highest BCUT2D eigenvalue weighted by molar-refractivity contribution is 6.31. The molecule has 10 heteroatoms. The Kier molecular flexibility index (Phi) is 6.15. The lowest BCUT2D eigenvalue weighted by Crippen LogP contribution is -2.54. The molecule has 5 rings (SSSR count). The Balaban J connectivity index is 1.35. The van der Waals surface area contributed by atoms with Crippen molar-refractivity contribution in [2.45, 2.75) is 12.5 Å². The average molecular weight is 508 g/mol. The average Bonchev–Trinajstić information content (AvgIpc) is 3.26. The van der Waals surface area contributed by atoms with Crippen molar-refractivity contribution in [2.24, 2.45) is 0 Å². The monoisotopic (exact) mass is 507 g/mol. The number of pyridine rings is 1. The molecule has 0 bridgehead atoms. The van der Waals surface area contributed by atoms with E-state index >= 15 is 0 Å². The number of H-pyrrole nitrogens is 1. The first kappa shape index (κ1) is 22.9. The summed E-state index contributed by atoms with van der Waals surface area (Å²) in [5.74, 6) is -1.20. The second-order valence-corrected chi connectivity index (χ2v) is 8.94. The summed E-state index contributed by atoms with van der Waals surface area (Å²) in [6.45, 7) is -0.226. The summed E-state index contributed by atoms with van der Waals surface area (Å²) in [6, 6.07) is 16.6. The van der Waals surface area contributed by atoms with Crippen molar-refractivity contribution in [3.05, 3.63) is 88.3 Å². The molecule has 35 heavy (non-hydrogen) atoms. The normalized spacial score (nSPS) is 15.1. The third kappa shape index (κ3) is 4.84. The smallest absolute Gasteiger partial charge is 0.268 e. The molecule has 1 aliphatic rings. The number of halogens is 2. The molecule has 0 spiro atoms. The molecule has 3 heterocycles. The van der Waals surface area contributed by atoms with E-state index in [1.54, 1.807) is 48.5 Å². The van der Waals surface area contributed by atoms with Crippen molar-refractivity contribution >= 4 is 63.2 Å². The van der Waals surface area contributed by atoms with E-state index in [2.05, 4.69) is 20.6 Å². The number of anilines is 2. The third-order valence-electron chi connectivity index (χ3n) is 5.72. The molecular weight excluding hydrogens is 489 g/mol. The minimum atomic E-state index is -0.836. The predicted octanol–water partition coefficient (Wildman–Crippen LogP) is 4.20. The zero-order valence-electron chi connectivity index (χ0n) is 18.2. The molecule has 0 saturated heterocycles. The summed E-state index contributed by atoms with van der Waals surface area (Å²) in [5.41, 5.74) is 3.01. The Bertz CT molecular complexity index is 1450. The van der Waals surface area contributed by atoms with Crippen LogP contribution < -0.4 is 15.5 Å². The number of fused-ring (bicyclic) bond motifs is 2. The van der Waals surface area contributed by atoms with Crippen LogP contribution >= 0.6 is 23.2 Å². The quantitative estimate of drug-likeness (QED) is 0.352. The van der Waals surface area contributed by atoms with Gasteiger partial charge in [-0.3, -0.25) is 14.4 Å². The van der Waals surface area contributed by atoms with E-state index in [0.29, 0.717) is 33.7 Å². The number of nitrogens with one attached hydrogen (secondary N) is 3. The first-order valence-corrected chi connectivity index (χ1v) is 11.5. The van der Waals surface area contributed by atoms with Crippen molar-refractivity contribution in [3.8, 4) is 0 Å². The van der Waals surface area contributed by atoms with Crippen LogP contribution in [-0.4, -0.2) is 40.3 Å². The largest absolute Gasteiger partial charge is 0.351 e. The van der Waals surface area contributed by atoms with Gasteiger partial charge in [0.05, 0.1) is 11.9 Å². The Morgan fingerprint density at radius 3 is 2.71 bits per heavy atom. The van der Waals surface area contributed by atoms with Crippen molar-refractivity contribution in [1.82, 2.24) is 15.3 Å². The minimum absolute atomic E-state index is 0.226. The summed E-state index contributed by atoms with van der Waals surface area (Å²) >= 11 is 11.8. The van der Waals surface area contributed by atoms with Gasteiger partial charge >= 0.3 is 0 Å².